The molecule has 1 aliphatic rings. The van der Waals surface area contributed by atoms with E-state index in [2.05, 4.69) is 4.57 Å². The van der Waals surface area contributed by atoms with E-state index in [-0.39, 0.29) is 22.8 Å². The van der Waals surface area contributed by atoms with Crippen molar-refractivity contribution in [3.05, 3.63) is 52.8 Å². The molecule has 1 fully saturated rings. The molecule has 0 atom stereocenters. The molecule has 1 aromatic carbocycles. The number of aryl methyl sites for hydroxylation is 1. The summed E-state index contributed by atoms with van der Waals surface area (Å²) in [6.07, 6.45) is 2.23. The Morgan fingerprint density at radius 1 is 1.17 bits per heavy atom. The Labute approximate surface area is 170 Å². The Kier molecular flexibility index (Phi) is 5.92. The molecule has 1 aliphatic carbocycles. The molecular formula is C20H24N2O6S. The number of hydroxylamine groups is 1. The molecule has 2 aromatic rings. The predicted octanol–water partition coefficient (Wildman–Crippen LogP) is 2.66. The van der Waals surface area contributed by atoms with Gasteiger partial charge in [0, 0.05) is 30.0 Å². The second-order valence-electron chi connectivity index (χ2n) is 7.01. The highest BCUT2D eigenvalue weighted by atomic mass is 32.2. The predicted molar refractivity (Wildman–Crippen MR) is 105 cm³/mol. The van der Waals surface area contributed by atoms with Gasteiger partial charge < -0.3 is 9.30 Å². The number of hydrogen-bond donors (Lipinski definition) is 0. The first kappa shape index (κ1) is 21.2. The zero-order chi connectivity index (χ0) is 21.3. The number of carbonyl (C=O) groups excluding carboxylic acids is 2. The van der Waals surface area contributed by atoms with Crippen LogP contribution >= 0.6 is 0 Å². The van der Waals surface area contributed by atoms with Gasteiger partial charge in [-0.1, -0.05) is 4.47 Å². The van der Waals surface area contributed by atoms with Crippen molar-refractivity contribution in [1.82, 2.24) is 9.04 Å². The van der Waals surface area contributed by atoms with Gasteiger partial charge in [0.2, 0.25) is 5.78 Å². The number of carbonyl (C=O) groups is 2. The summed E-state index contributed by atoms with van der Waals surface area (Å²) in [4.78, 5) is 29.4. The fourth-order valence-corrected chi connectivity index (χ4v) is 4.23. The van der Waals surface area contributed by atoms with Gasteiger partial charge in [0.15, 0.2) is 6.61 Å². The smallest absolute Gasteiger partial charge is 0.338 e. The zero-order valence-electron chi connectivity index (χ0n) is 16.8. The monoisotopic (exact) mass is 420 g/mol. The summed E-state index contributed by atoms with van der Waals surface area (Å²) in [5.74, 6) is -0.960. The number of Topliss-reactive ketones (excluding diaryl/α,β-unsaturated/α-hetero) is 1. The molecule has 0 saturated heterocycles. The first-order valence-corrected chi connectivity index (χ1v) is 10.6. The van der Waals surface area contributed by atoms with Gasteiger partial charge >= 0.3 is 5.97 Å². The number of nitrogens with zero attached hydrogens (tertiary/aromatic N) is 2. The normalized spacial score (nSPS) is 14.2. The third-order valence-corrected chi connectivity index (χ3v) is 6.71. The lowest BCUT2D eigenvalue weighted by Crippen LogP contribution is -2.25. The highest BCUT2D eigenvalue weighted by Crippen LogP contribution is 2.38. The van der Waals surface area contributed by atoms with Crippen LogP contribution < -0.4 is 0 Å². The van der Waals surface area contributed by atoms with E-state index in [0.717, 1.165) is 28.7 Å². The fraction of sp³-hybridized carbons (Fsp3) is 0.400. The Hall–Kier alpha value is -2.49. The van der Waals surface area contributed by atoms with E-state index in [1.807, 2.05) is 19.9 Å². The summed E-state index contributed by atoms with van der Waals surface area (Å²) in [6.45, 7) is 3.49. The summed E-state index contributed by atoms with van der Waals surface area (Å²) in [7, 11) is -1.29. The lowest BCUT2D eigenvalue weighted by Gasteiger charge is -2.14. The largest absolute Gasteiger partial charge is 0.454 e. The Bertz CT molecular complexity index is 1040. The molecule has 9 heteroatoms. The van der Waals surface area contributed by atoms with E-state index in [4.69, 9.17) is 9.57 Å². The molecule has 156 valence electrons. The van der Waals surface area contributed by atoms with Gasteiger partial charge in [0.25, 0.3) is 10.0 Å². The minimum Gasteiger partial charge on any atom is -0.454 e. The van der Waals surface area contributed by atoms with E-state index in [0.29, 0.717) is 11.6 Å². The third kappa shape index (κ3) is 4.26. The third-order valence-electron chi connectivity index (χ3n) is 5.01. The minimum atomic E-state index is -3.80. The first-order chi connectivity index (χ1) is 13.7. The second-order valence-corrected chi connectivity index (χ2v) is 8.94. The van der Waals surface area contributed by atoms with Gasteiger partial charge in [-0.15, -0.1) is 0 Å². The molecule has 1 heterocycles. The van der Waals surface area contributed by atoms with Crippen molar-refractivity contribution in [2.24, 2.45) is 0 Å². The second kappa shape index (κ2) is 8.10. The zero-order valence-corrected chi connectivity index (χ0v) is 17.7. The number of hydrogen-bond acceptors (Lipinski definition) is 6. The summed E-state index contributed by atoms with van der Waals surface area (Å²) < 4.78 is 32.3. The molecule has 29 heavy (non-hydrogen) atoms. The Balaban J connectivity index is 1.65. The van der Waals surface area contributed by atoms with Gasteiger partial charge in [-0.3, -0.25) is 9.63 Å². The Morgan fingerprint density at radius 2 is 1.79 bits per heavy atom. The summed E-state index contributed by atoms with van der Waals surface area (Å²) in [5.41, 5.74) is 2.63. The van der Waals surface area contributed by atoms with Crippen molar-refractivity contribution >= 4 is 21.8 Å². The SMILES string of the molecule is CON(C)S(=O)(=O)c1ccc(C(=O)OCC(=O)c2cc(C)n(C3CC3)c2C)cc1. The van der Waals surface area contributed by atoms with Crippen LogP contribution in [0.5, 0.6) is 0 Å². The molecule has 1 aromatic heterocycles. The van der Waals surface area contributed by atoms with Crippen LogP contribution in [0.25, 0.3) is 0 Å². The van der Waals surface area contributed by atoms with Crippen LogP contribution in [0.1, 0.15) is 51.0 Å². The molecule has 8 nitrogen and oxygen atoms in total. The molecule has 0 spiro atoms. The number of ketones is 1. The number of ether oxygens (including phenoxy) is 1. The minimum absolute atomic E-state index is 0.0259. The maximum atomic E-state index is 12.5. The maximum Gasteiger partial charge on any atom is 0.338 e. The quantitative estimate of drug-likeness (QED) is 0.370. The van der Waals surface area contributed by atoms with E-state index < -0.39 is 16.0 Å². The highest BCUT2D eigenvalue weighted by Gasteiger charge is 2.28. The van der Waals surface area contributed by atoms with Gasteiger partial charge in [-0.2, -0.15) is 0 Å². The van der Waals surface area contributed by atoms with Crippen molar-refractivity contribution < 1.29 is 27.6 Å². The molecular weight excluding hydrogens is 396 g/mol. The van der Waals surface area contributed by atoms with Crippen LogP contribution in [0.2, 0.25) is 0 Å². The van der Waals surface area contributed by atoms with Gasteiger partial charge in [0.05, 0.1) is 17.6 Å². The maximum absolute atomic E-state index is 12.5. The lowest BCUT2D eigenvalue weighted by molar-refractivity contribution is -0.0258. The van der Waals surface area contributed by atoms with Crippen LogP contribution in [0, 0.1) is 13.8 Å². The van der Waals surface area contributed by atoms with Crippen LogP contribution in [0.15, 0.2) is 35.2 Å². The molecule has 0 unspecified atom stereocenters. The van der Waals surface area contributed by atoms with Gasteiger partial charge in [-0.25, -0.2) is 13.2 Å². The highest BCUT2D eigenvalue weighted by molar-refractivity contribution is 7.89. The molecule has 3 rings (SSSR count). The van der Waals surface area contributed by atoms with E-state index in [1.165, 1.54) is 38.4 Å². The number of aromatic nitrogens is 1. The van der Waals surface area contributed by atoms with Crippen molar-refractivity contribution in [2.45, 2.75) is 37.6 Å². The molecule has 0 radical (unpaired) electrons. The van der Waals surface area contributed by atoms with Gasteiger partial charge in [0.1, 0.15) is 0 Å². The standard InChI is InChI=1S/C20H24N2O6S/c1-13-11-18(14(2)22(13)16-7-8-16)19(23)12-28-20(24)15-5-9-17(10-6-15)29(25,26)21(3)27-4/h5-6,9-11,16H,7-8,12H2,1-4H3. The lowest BCUT2D eigenvalue weighted by atomic mass is 10.1. The molecule has 0 aliphatic heterocycles. The number of sulfonamides is 1. The van der Waals surface area contributed by atoms with E-state index in [1.54, 1.807) is 0 Å². The average molecular weight is 420 g/mol. The summed E-state index contributed by atoms with van der Waals surface area (Å²) in [6, 6.07) is 7.53. The van der Waals surface area contributed by atoms with Crippen LogP contribution in [-0.2, 0) is 19.6 Å². The number of esters is 1. The molecule has 0 amide bonds. The number of benzene rings is 1. The Morgan fingerprint density at radius 3 is 2.34 bits per heavy atom. The summed E-state index contributed by atoms with van der Waals surface area (Å²) in [5, 5.41) is 0. The van der Waals surface area contributed by atoms with Crippen molar-refractivity contribution in [3.63, 3.8) is 0 Å². The van der Waals surface area contributed by atoms with Crippen molar-refractivity contribution in [2.75, 3.05) is 20.8 Å². The topological polar surface area (TPSA) is 94.9 Å². The van der Waals surface area contributed by atoms with Crippen LogP contribution in [-0.4, -0.2) is 50.0 Å². The average Bonchev–Trinajstić information content (AvgIpc) is 3.49. The van der Waals surface area contributed by atoms with Gasteiger partial charge in [-0.05, 0) is 57.0 Å². The first-order valence-electron chi connectivity index (χ1n) is 9.18. The van der Waals surface area contributed by atoms with Crippen LogP contribution in [0.3, 0.4) is 0 Å². The van der Waals surface area contributed by atoms with E-state index in [9.17, 15) is 18.0 Å². The van der Waals surface area contributed by atoms with Crippen LogP contribution in [0.4, 0.5) is 0 Å². The molecule has 0 N–H and O–H groups in total. The van der Waals surface area contributed by atoms with E-state index >= 15 is 0 Å². The molecule has 1 saturated carbocycles. The fourth-order valence-electron chi connectivity index (χ4n) is 3.26. The van der Waals surface area contributed by atoms with Crippen molar-refractivity contribution in [3.8, 4) is 0 Å². The van der Waals surface area contributed by atoms with Crippen molar-refractivity contribution in [1.29, 1.82) is 0 Å². The molecule has 0 bridgehead atoms. The number of rotatable bonds is 8. The summed E-state index contributed by atoms with van der Waals surface area (Å²) >= 11 is 0.